The minimum Gasteiger partial charge on any atom is -0.497 e. The Hall–Kier alpha value is -1.75. The molecule has 1 aliphatic rings. The molecule has 0 aliphatic carbocycles. The third-order valence-corrected chi connectivity index (χ3v) is 4.02. The second-order valence-electron chi connectivity index (χ2n) is 5.65. The predicted octanol–water partition coefficient (Wildman–Crippen LogP) is 3.78. The van der Waals surface area contributed by atoms with Crippen LogP contribution in [0.25, 0.3) is 0 Å². The summed E-state index contributed by atoms with van der Waals surface area (Å²) in [5, 5.41) is 2.96. The van der Waals surface area contributed by atoms with Crippen LogP contribution in [0.1, 0.15) is 21.5 Å². The summed E-state index contributed by atoms with van der Waals surface area (Å²) in [5.74, 6) is 0.639. The van der Waals surface area contributed by atoms with Crippen molar-refractivity contribution in [2.45, 2.75) is 13.0 Å². The second kappa shape index (κ2) is 8.92. The van der Waals surface area contributed by atoms with Crippen LogP contribution in [0.15, 0.2) is 42.5 Å². The van der Waals surface area contributed by atoms with Crippen LogP contribution in [0.4, 0.5) is 5.69 Å². The molecule has 1 amide bonds. The molecule has 0 spiro atoms. The summed E-state index contributed by atoms with van der Waals surface area (Å²) in [5.41, 5.74) is 4.13. The Bertz CT molecular complexity index is 690. The van der Waals surface area contributed by atoms with Gasteiger partial charge in [-0.3, -0.25) is 4.79 Å². The molecule has 2 aromatic carbocycles. The van der Waals surface area contributed by atoms with Crippen LogP contribution >= 0.6 is 24.8 Å². The molecule has 2 aromatic rings. The van der Waals surface area contributed by atoms with Crippen LogP contribution in [0.2, 0.25) is 0 Å². The van der Waals surface area contributed by atoms with Gasteiger partial charge in [0.1, 0.15) is 5.75 Å². The van der Waals surface area contributed by atoms with Crippen molar-refractivity contribution >= 4 is 36.4 Å². The molecule has 0 saturated carbocycles. The molecule has 1 heterocycles. The molecule has 1 N–H and O–H groups in total. The summed E-state index contributed by atoms with van der Waals surface area (Å²) >= 11 is 0. The molecule has 1 aliphatic heterocycles. The Morgan fingerprint density at radius 2 is 1.79 bits per heavy atom. The third-order valence-electron chi connectivity index (χ3n) is 4.02. The van der Waals surface area contributed by atoms with E-state index in [9.17, 15) is 4.79 Å². The van der Waals surface area contributed by atoms with Gasteiger partial charge in [0.25, 0.3) is 5.91 Å². The smallest absolute Gasteiger partial charge is 0.255 e. The second-order valence-corrected chi connectivity index (χ2v) is 5.65. The largest absolute Gasteiger partial charge is 0.497 e. The molecule has 0 saturated heterocycles. The molecular formula is C18H22Cl2N2O2. The summed E-state index contributed by atoms with van der Waals surface area (Å²) in [6, 6.07) is 13.3. The number of benzene rings is 2. The molecule has 3 rings (SSSR count). The number of anilines is 1. The number of rotatable bonds is 3. The lowest BCUT2D eigenvalue weighted by atomic mass is 9.99. The predicted molar refractivity (Wildman–Crippen MR) is 102 cm³/mol. The zero-order valence-corrected chi connectivity index (χ0v) is 15.4. The van der Waals surface area contributed by atoms with Crippen LogP contribution in [0.5, 0.6) is 5.75 Å². The lowest BCUT2D eigenvalue weighted by molar-refractivity contribution is 0.102. The van der Waals surface area contributed by atoms with Crippen molar-refractivity contribution < 1.29 is 9.53 Å². The maximum absolute atomic E-state index is 12.3. The highest BCUT2D eigenvalue weighted by molar-refractivity contribution is 6.04. The van der Waals surface area contributed by atoms with Gasteiger partial charge in [-0.2, -0.15) is 0 Å². The number of hydrogen-bond donors (Lipinski definition) is 1. The molecule has 6 heteroatoms. The third kappa shape index (κ3) is 4.63. The number of carbonyl (C=O) groups is 1. The molecule has 130 valence electrons. The van der Waals surface area contributed by atoms with Gasteiger partial charge in [0.15, 0.2) is 0 Å². The molecule has 0 atom stereocenters. The number of ether oxygens (including phenoxy) is 1. The fourth-order valence-electron chi connectivity index (χ4n) is 2.72. The van der Waals surface area contributed by atoms with Crippen LogP contribution in [0.3, 0.4) is 0 Å². The number of methoxy groups -OCH3 is 1. The number of halogens is 2. The SMILES string of the molecule is COc1ccc(C(=O)Nc2ccc3c(c2)CN(C)CC3)cc1.Cl.Cl. The monoisotopic (exact) mass is 368 g/mol. The lowest BCUT2D eigenvalue weighted by Gasteiger charge is -2.25. The highest BCUT2D eigenvalue weighted by Crippen LogP contribution is 2.22. The maximum Gasteiger partial charge on any atom is 0.255 e. The highest BCUT2D eigenvalue weighted by atomic mass is 35.5. The standard InChI is InChI=1S/C18H20N2O2.2ClH/c1-20-10-9-13-3-6-16(11-15(13)12-20)19-18(21)14-4-7-17(22-2)8-5-14;;/h3-8,11H,9-10,12H2,1-2H3,(H,19,21);2*1H. The van der Waals surface area contributed by atoms with Gasteiger partial charge in [0, 0.05) is 24.3 Å². The van der Waals surface area contributed by atoms with Gasteiger partial charge in [-0.05, 0) is 61.0 Å². The number of carbonyl (C=O) groups excluding carboxylic acids is 1. The molecule has 0 fully saturated rings. The van der Waals surface area contributed by atoms with Crippen molar-refractivity contribution in [3.05, 3.63) is 59.2 Å². The molecule has 0 unspecified atom stereocenters. The van der Waals surface area contributed by atoms with Crippen molar-refractivity contribution in [2.24, 2.45) is 0 Å². The van der Waals surface area contributed by atoms with E-state index in [-0.39, 0.29) is 30.7 Å². The van der Waals surface area contributed by atoms with Gasteiger partial charge < -0.3 is 15.0 Å². The number of hydrogen-bond acceptors (Lipinski definition) is 3. The minimum atomic E-state index is -0.105. The van der Waals surface area contributed by atoms with E-state index in [1.165, 1.54) is 11.1 Å². The van der Waals surface area contributed by atoms with Gasteiger partial charge in [-0.25, -0.2) is 0 Å². The Morgan fingerprint density at radius 3 is 2.46 bits per heavy atom. The molecular weight excluding hydrogens is 347 g/mol. The van der Waals surface area contributed by atoms with Crippen molar-refractivity contribution in [3.8, 4) is 5.75 Å². The number of nitrogens with zero attached hydrogens (tertiary/aromatic N) is 1. The van der Waals surface area contributed by atoms with Crippen LogP contribution in [-0.4, -0.2) is 31.5 Å². The van der Waals surface area contributed by atoms with Crippen LogP contribution < -0.4 is 10.1 Å². The fraction of sp³-hybridized carbons (Fsp3) is 0.278. The van der Waals surface area contributed by atoms with Crippen LogP contribution in [0, 0.1) is 0 Å². The van der Waals surface area contributed by atoms with Gasteiger partial charge in [0.05, 0.1) is 7.11 Å². The number of likely N-dealkylation sites (N-methyl/N-ethyl adjacent to an activating group) is 1. The number of fused-ring (bicyclic) bond motifs is 1. The van der Waals surface area contributed by atoms with Gasteiger partial charge in [-0.1, -0.05) is 6.07 Å². The van der Waals surface area contributed by atoms with E-state index in [0.29, 0.717) is 5.56 Å². The van der Waals surface area contributed by atoms with Gasteiger partial charge >= 0.3 is 0 Å². The highest BCUT2D eigenvalue weighted by Gasteiger charge is 2.14. The molecule has 4 nitrogen and oxygen atoms in total. The van der Waals surface area contributed by atoms with Crippen molar-refractivity contribution in [2.75, 3.05) is 26.0 Å². The summed E-state index contributed by atoms with van der Waals surface area (Å²) in [4.78, 5) is 14.6. The molecule has 24 heavy (non-hydrogen) atoms. The first kappa shape index (κ1) is 20.3. The normalized spacial score (nSPS) is 13.1. The van der Waals surface area contributed by atoms with Crippen LogP contribution in [-0.2, 0) is 13.0 Å². The summed E-state index contributed by atoms with van der Waals surface area (Å²) in [6.07, 6.45) is 1.07. The van der Waals surface area contributed by atoms with E-state index < -0.39 is 0 Å². The Balaban J connectivity index is 0.00000144. The van der Waals surface area contributed by atoms with E-state index in [1.54, 1.807) is 31.4 Å². The first-order valence-electron chi connectivity index (χ1n) is 7.41. The zero-order chi connectivity index (χ0) is 15.5. The number of amides is 1. The van der Waals surface area contributed by atoms with Crippen molar-refractivity contribution in [3.63, 3.8) is 0 Å². The summed E-state index contributed by atoms with van der Waals surface area (Å²) in [7, 11) is 3.73. The summed E-state index contributed by atoms with van der Waals surface area (Å²) < 4.78 is 5.10. The topological polar surface area (TPSA) is 41.6 Å². The molecule has 0 radical (unpaired) electrons. The maximum atomic E-state index is 12.3. The Morgan fingerprint density at radius 1 is 1.08 bits per heavy atom. The first-order valence-corrected chi connectivity index (χ1v) is 7.41. The van der Waals surface area contributed by atoms with E-state index in [4.69, 9.17) is 4.74 Å². The minimum absolute atomic E-state index is 0. The first-order chi connectivity index (χ1) is 10.7. The fourth-order valence-corrected chi connectivity index (χ4v) is 2.72. The quantitative estimate of drug-likeness (QED) is 0.895. The van der Waals surface area contributed by atoms with Crippen molar-refractivity contribution in [1.82, 2.24) is 4.90 Å². The Kier molecular flexibility index (Phi) is 7.55. The van der Waals surface area contributed by atoms with Crippen molar-refractivity contribution in [1.29, 1.82) is 0 Å². The van der Waals surface area contributed by atoms with E-state index >= 15 is 0 Å². The van der Waals surface area contributed by atoms with Gasteiger partial charge in [-0.15, -0.1) is 24.8 Å². The van der Waals surface area contributed by atoms with E-state index in [1.807, 2.05) is 6.07 Å². The summed E-state index contributed by atoms with van der Waals surface area (Å²) in [6.45, 7) is 2.02. The average molecular weight is 369 g/mol. The number of nitrogens with one attached hydrogen (secondary N) is 1. The average Bonchev–Trinajstić information content (AvgIpc) is 2.54. The Labute approximate surface area is 155 Å². The molecule has 0 bridgehead atoms. The molecule has 0 aromatic heterocycles. The van der Waals surface area contributed by atoms with Gasteiger partial charge in [0.2, 0.25) is 0 Å². The lowest BCUT2D eigenvalue weighted by Crippen LogP contribution is -2.26. The zero-order valence-electron chi connectivity index (χ0n) is 13.7. The van der Waals surface area contributed by atoms with E-state index in [0.717, 1.165) is 30.9 Å². The van der Waals surface area contributed by atoms with E-state index in [2.05, 4.69) is 29.4 Å².